The number of nitrogens with one attached hydrogen (secondary N) is 2. The van der Waals surface area contributed by atoms with Crippen molar-refractivity contribution in [3.63, 3.8) is 0 Å². The number of amides is 1. The molecule has 1 heterocycles. The minimum Gasteiger partial charge on any atom is -0.364 e. The van der Waals surface area contributed by atoms with E-state index in [4.69, 9.17) is 4.74 Å². The zero-order valence-corrected chi connectivity index (χ0v) is 12.8. The van der Waals surface area contributed by atoms with Gasteiger partial charge in [-0.2, -0.15) is 0 Å². The number of benzene rings is 1. The first-order valence-corrected chi connectivity index (χ1v) is 7.34. The third kappa shape index (κ3) is 4.65. The normalized spacial score (nSPS) is 25.4. The topological polar surface area (TPSA) is 59.8 Å². The first-order chi connectivity index (χ1) is 9.94. The van der Waals surface area contributed by atoms with Crippen LogP contribution in [0.1, 0.15) is 31.1 Å². The van der Waals surface area contributed by atoms with Gasteiger partial charge in [-0.05, 0) is 45.0 Å². The summed E-state index contributed by atoms with van der Waals surface area (Å²) in [5.41, 5.74) is 1.37. The van der Waals surface area contributed by atoms with Crippen LogP contribution >= 0.6 is 0 Å². The smallest absolute Gasteiger partial charge is 0.279 e. The molecular formula is C16H23N2O3+. The summed E-state index contributed by atoms with van der Waals surface area (Å²) >= 11 is 0. The van der Waals surface area contributed by atoms with E-state index in [-0.39, 0.29) is 23.9 Å². The third-order valence-electron chi connectivity index (χ3n) is 3.60. The molecule has 0 unspecified atom stereocenters. The molecule has 114 valence electrons. The maximum atomic E-state index is 12.1. The highest BCUT2D eigenvalue weighted by molar-refractivity contribution is 5.95. The number of hydrogen-bond donors (Lipinski definition) is 2. The van der Waals surface area contributed by atoms with Gasteiger partial charge < -0.3 is 15.0 Å². The number of carbonyl (C=O) groups excluding carboxylic acids is 2. The minimum atomic E-state index is -0.0122. The zero-order valence-electron chi connectivity index (χ0n) is 12.8. The first kappa shape index (κ1) is 15.7. The van der Waals surface area contributed by atoms with Crippen LogP contribution in [0.15, 0.2) is 24.3 Å². The molecule has 1 aliphatic heterocycles. The average Bonchev–Trinajstić information content (AvgIpc) is 2.37. The molecule has 2 rings (SSSR count). The Kier molecular flexibility index (Phi) is 5.09. The summed E-state index contributed by atoms with van der Waals surface area (Å²) in [7, 11) is 0. The van der Waals surface area contributed by atoms with Gasteiger partial charge in [0.1, 0.15) is 25.3 Å². The second-order valence-electron chi connectivity index (χ2n) is 5.77. The number of Topliss-reactive ketones (excluding diaryl/α,β-unsaturated/α-hetero) is 1. The Hall–Kier alpha value is -1.72. The lowest BCUT2D eigenvalue weighted by molar-refractivity contribution is -0.907. The fraction of sp³-hybridized carbons (Fsp3) is 0.500. The van der Waals surface area contributed by atoms with E-state index < -0.39 is 0 Å². The van der Waals surface area contributed by atoms with E-state index in [1.807, 2.05) is 13.8 Å². The van der Waals surface area contributed by atoms with Gasteiger partial charge in [0, 0.05) is 11.3 Å². The van der Waals surface area contributed by atoms with Gasteiger partial charge in [0.25, 0.3) is 5.91 Å². The molecule has 2 N–H and O–H groups in total. The fourth-order valence-electron chi connectivity index (χ4n) is 2.75. The molecule has 5 heteroatoms. The number of anilines is 1. The lowest BCUT2D eigenvalue weighted by Crippen LogP contribution is -3.16. The van der Waals surface area contributed by atoms with Crippen molar-refractivity contribution >= 4 is 17.4 Å². The van der Waals surface area contributed by atoms with Crippen molar-refractivity contribution in [3.05, 3.63) is 29.8 Å². The molecule has 1 amide bonds. The van der Waals surface area contributed by atoms with Gasteiger partial charge in [0.15, 0.2) is 12.3 Å². The molecular weight excluding hydrogens is 268 g/mol. The lowest BCUT2D eigenvalue weighted by Gasteiger charge is -2.31. The van der Waals surface area contributed by atoms with Crippen molar-refractivity contribution in [2.45, 2.75) is 33.0 Å². The average molecular weight is 291 g/mol. The Morgan fingerprint density at radius 3 is 2.29 bits per heavy atom. The highest BCUT2D eigenvalue weighted by Crippen LogP contribution is 2.09. The molecule has 0 bridgehead atoms. The van der Waals surface area contributed by atoms with Crippen molar-refractivity contribution in [2.24, 2.45) is 0 Å². The highest BCUT2D eigenvalue weighted by Gasteiger charge is 2.27. The van der Waals surface area contributed by atoms with Crippen molar-refractivity contribution in [2.75, 3.05) is 25.0 Å². The van der Waals surface area contributed by atoms with Gasteiger partial charge in [-0.3, -0.25) is 9.59 Å². The molecule has 5 nitrogen and oxygen atoms in total. The number of rotatable bonds is 4. The van der Waals surface area contributed by atoms with Gasteiger partial charge >= 0.3 is 0 Å². The van der Waals surface area contributed by atoms with Crippen LogP contribution in [-0.4, -0.2) is 43.5 Å². The van der Waals surface area contributed by atoms with E-state index in [0.29, 0.717) is 12.1 Å². The largest absolute Gasteiger partial charge is 0.364 e. The van der Waals surface area contributed by atoms with Crippen molar-refractivity contribution in [1.82, 2.24) is 0 Å². The Balaban J connectivity index is 1.88. The number of ether oxygens (including phenoxy) is 1. The van der Waals surface area contributed by atoms with E-state index in [1.165, 1.54) is 11.8 Å². The van der Waals surface area contributed by atoms with E-state index in [9.17, 15) is 9.59 Å². The Morgan fingerprint density at radius 2 is 1.76 bits per heavy atom. The SMILES string of the molecule is CC(=O)c1ccc(NC(=O)C[NH+]2C[C@H](C)O[C@@H](C)C2)cc1. The van der Waals surface area contributed by atoms with E-state index in [0.717, 1.165) is 18.8 Å². The second kappa shape index (κ2) is 6.83. The maximum absolute atomic E-state index is 12.1. The molecule has 0 radical (unpaired) electrons. The standard InChI is InChI=1S/C16H22N2O3/c1-11-8-18(9-12(2)21-11)10-16(20)17-15-6-4-14(5-7-15)13(3)19/h4-7,11-12H,8-10H2,1-3H3,(H,17,20)/p+1/t11-,12-/m0/s1. The zero-order chi connectivity index (χ0) is 15.4. The summed E-state index contributed by atoms with van der Waals surface area (Å²) in [5, 5.41) is 2.87. The van der Waals surface area contributed by atoms with Crippen LogP contribution in [-0.2, 0) is 9.53 Å². The van der Waals surface area contributed by atoms with Crippen molar-refractivity contribution < 1.29 is 19.2 Å². The van der Waals surface area contributed by atoms with Crippen molar-refractivity contribution in [3.8, 4) is 0 Å². The second-order valence-corrected chi connectivity index (χ2v) is 5.77. The number of carbonyl (C=O) groups is 2. The van der Waals surface area contributed by atoms with Gasteiger partial charge in [-0.1, -0.05) is 0 Å². The summed E-state index contributed by atoms with van der Waals surface area (Å²) in [5.74, 6) is 0.00971. The summed E-state index contributed by atoms with van der Waals surface area (Å²) < 4.78 is 5.67. The molecule has 0 spiro atoms. The number of hydrogen-bond acceptors (Lipinski definition) is 3. The summed E-state index contributed by atoms with van der Waals surface area (Å²) in [4.78, 5) is 24.5. The Labute approximate surface area is 125 Å². The fourth-order valence-corrected chi connectivity index (χ4v) is 2.75. The van der Waals surface area contributed by atoms with Crippen LogP contribution < -0.4 is 10.2 Å². The Bertz CT molecular complexity index is 503. The molecule has 21 heavy (non-hydrogen) atoms. The van der Waals surface area contributed by atoms with Crippen LogP contribution in [0.2, 0.25) is 0 Å². The van der Waals surface area contributed by atoms with Gasteiger partial charge in [0.2, 0.25) is 0 Å². The minimum absolute atomic E-state index is 0.0122. The van der Waals surface area contributed by atoms with E-state index in [1.54, 1.807) is 24.3 Å². The first-order valence-electron chi connectivity index (χ1n) is 7.34. The maximum Gasteiger partial charge on any atom is 0.279 e. The van der Waals surface area contributed by atoms with Gasteiger partial charge in [-0.15, -0.1) is 0 Å². The van der Waals surface area contributed by atoms with Crippen LogP contribution in [0.3, 0.4) is 0 Å². The predicted octanol–water partition coefficient (Wildman–Crippen LogP) is 0.520. The van der Waals surface area contributed by atoms with Crippen LogP contribution in [0.5, 0.6) is 0 Å². The number of quaternary nitrogens is 1. The molecule has 1 fully saturated rings. The quantitative estimate of drug-likeness (QED) is 0.795. The highest BCUT2D eigenvalue weighted by atomic mass is 16.5. The van der Waals surface area contributed by atoms with Crippen LogP contribution in [0.4, 0.5) is 5.69 Å². The number of morpholine rings is 1. The van der Waals surface area contributed by atoms with Crippen LogP contribution in [0.25, 0.3) is 0 Å². The van der Waals surface area contributed by atoms with Crippen LogP contribution in [0, 0.1) is 0 Å². The van der Waals surface area contributed by atoms with Gasteiger partial charge in [0.05, 0.1) is 0 Å². The van der Waals surface area contributed by atoms with Crippen molar-refractivity contribution in [1.29, 1.82) is 0 Å². The van der Waals surface area contributed by atoms with Gasteiger partial charge in [-0.25, -0.2) is 0 Å². The number of ketones is 1. The molecule has 1 aromatic rings. The molecule has 0 aromatic heterocycles. The Morgan fingerprint density at radius 1 is 1.19 bits per heavy atom. The molecule has 0 aliphatic carbocycles. The molecule has 1 aliphatic rings. The summed E-state index contributed by atoms with van der Waals surface area (Å²) in [6.07, 6.45) is 0.373. The molecule has 1 saturated heterocycles. The van der Waals surface area contributed by atoms with E-state index in [2.05, 4.69) is 5.32 Å². The predicted molar refractivity (Wildman–Crippen MR) is 80.6 cm³/mol. The molecule has 1 aromatic carbocycles. The third-order valence-corrected chi connectivity index (χ3v) is 3.60. The van der Waals surface area contributed by atoms with E-state index >= 15 is 0 Å². The molecule has 2 atom stereocenters. The lowest BCUT2D eigenvalue weighted by atomic mass is 10.1. The monoisotopic (exact) mass is 291 g/mol. The molecule has 0 saturated carbocycles. The summed E-state index contributed by atoms with van der Waals surface area (Å²) in [6.45, 7) is 7.73. The summed E-state index contributed by atoms with van der Waals surface area (Å²) in [6, 6.07) is 6.97.